The fraction of sp³-hybridized carbons (Fsp3) is 0.467. The average Bonchev–Trinajstić information content (AvgIpc) is 2.26. The first-order valence-electron chi connectivity index (χ1n) is 6.25. The van der Waals surface area contributed by atoms with Crippen LogP contribution in [0.4, 0.5) is 0 Å². The largest absolute Gasteiger partial charge is 0.418 e. The minimum atomic E-state index is -1.32. The topological polar surface area (TPSA) is 52.6 Å². The molecule has 0 atom stereocenters. The van der Waals surface area contributed by atoms with Gasteiger partial charge in [-0.2, -0.15) is 0 Å². The Labute approximate surface area is 112 Å². The lowest BCUT2D eigenvalue weighted by molar-refractivity contribution is -0.242. The van der Waals surface area contributed by atoms with Crippen LogP contribution in [0.1, 0.15) is 45.2 Å². The molecule has 1 aliphatic heterocycles. The number of esters is 2. The lowest BCUT2D eigenvalue weighted by Crippen LogP contribution is -2.40. The van der Waals surface area contributed by atoms with Gasteiger partial charge < -0.3 is 9.47 Å². The van der Waals surface area contributed by atoms with Crippen molar-refractivity contribution in [2.75, 3.05) is 0 Å². The molecule has 4 nitrogen and oxygen atoms in total. The van der Waals surface area contributed by atoms with Crippen LogP contribution < -0.4 is 0 Å². The zero-order valence-corrected chi connectivity index (χ0v) is 11.6. The predicted octanol–water partition coefficient (Wildman–Crippen LogP) is 2.65. The number of rotatable bonds is 1. The van der Waals surface area contributed by atoms with Gasteiger partial charge in [0.15, 0.2) is 0 Å². The molecule has 0 aliphatic carbocycles. The third-order valence-corrected chi connectivity index (χ3v) is 3.18. The summed E-state index contributed by atoms with van der Waals surface area (Å²) in [4.78, 5) is 22.7. The maximum absolute atomic E-state index is 11.4. The molecule has 0 aromatic heterocycles. The van der Waals surface area contributed by atoms with E-state index in [-0.39, 0.29) is 11.8 Å². The molecule has 2 rings (SSSR count). The van der Waals surface area contributed by atoms with Crippen molar-refractivity contribution in [3.63, 3.8) is 0 Å². The number of hydrogen-bond acceptors (Lipinski definition) is 4. The number of cyclic esters (lactones) is 2. The molecule has 1 fully saturated rings. The van der Waals surface area contributed by atoms with Crippen molar-refractivity contribution in [1.82, 2.24) is 0 Å². The Morgan fingerprint density at radius 2 is 1.47 bits per heavy atom. The van der Waals surface area contributed by atoms with E-state index in [9.17, 15) is 9.59 Å². The SMILES string of the molecule is CC(C)(C)c1ccc(C2(C)OC(=O)CC(=O)O2)cc1. The van der Waals surface area contributed by atoms with E-state index >= 15 is 0 Å². The van der Waals surface area contributed by atoms with Crippen molar-refractivity contribution in [1.29, 1.82) is 0 Å². The van der Waals surface area contributed by atoms with E-state index in [1.165, 1.54) is 0 Å². The second kappa shape index (κ2) is 4.37. The van der Waals surface area contributed by atoms with E-state index < -0.39 is 17.7 Å². The molecule has 19 heavy (non-hydrogen) atoms. The van der Waals surface area contributed by atoms with Crippen molar-refractivity contribution >= 4 is 11.9 Å². The predicted molar refractivity (Wildman–Crippen MR) is 69.3 cm³/mol. The summed E-state index contributed by atoms with van der Waals surface area (Å²) >= 11 is 0. The van der Waals surface area contributed by atoms with Gasteiger partial charge in [0.1, 0.15) is 6.42 Å². The summed E-state index contributed by atoms with van der Waals surface area (Å²) in [7, 11) is 0. The Morgan fingerprint density at radius 1 is 1.00 bits per heavy atom. The zero-order chi connectivity index (χ0) is 14.3. The van der Waals surface area contributed by atoms with Gasteiger partial charge in [-0.3, -0.25) is 9.59 Å². The first kappa shape index (κ1) is 13.6. The highest BCUT2D eigenvalue weighted by atomic mass is 16.7. The Bertz CT molecular complexity index is 492. The Balaban J connectivity index is 2.31. The Hall–Kier alpha value is -1.84. The van der Waals surface area contributed by atoms with Gasteiger partial charge in [0.2, 0.25) is 0 Å². The molecule has 1 aromatic carbocycles. The standard InChI is InChI=1S/C15H18O4/c1-14(2,3)10-5-7-11(8-6-10)15(4)18-12(16)9-13(17)19-15/h5-8H,9H2,1-4H3. The highest BCUT2D eigenvalue weighted by Crippen LogP contribution is 2.32. The second-order valence-corrected chi connectivity index (χ2v) is 5.90. The maximum atomic E-state index is 11.4. The van der Waals surface area contributed by atoms with Crippen molar-refractivity contribution in [2.24, 2.45) is 0 Å². The van der Waals surface area contributed by atoms with Gasteiger partial charge in [-0.1, -0.05) is 45.0 Å². The van der Waals surface area contributed by atoms with E-state index in [1.54, 1.807) is 6.92 Å². The summed E-state index contributed by atoms with van der Waals surface area (Å²) in [5.74, 6) is -2.43. The van der Waals surface area contributed by atoms with Crippen molar-refractivity contribution in [3.8, 4) is 0 Å². The Kier molecular flexibility index (Phi) is 3.12. The van der Waals surface area contributed by atoms with Crippen LogP contribution in [0.5, 0.6) is 0 Å². The third-order valence-electron chi connectivity index (χ3n) is 3.18. The van der Waals surface area contributed by atoms with Crippen molar-refractivity contribution in [3.05, 3.63) is 35.4 Å². The molecule has 1 aromatic rings. The zero-order valence-electron chi connectivity index (χ0n) is 11.6. The van der Waals surface area contributed by atoms with Gasteiger partial charge >= 0.3 is 11.9 Å². The van der Waals surface area contributed by atoms with E-state index in [1.807, 2.05) is 24.3 Å². The molecule has 0 radical (unpaired) electrons. The normalized spacial score (nSPS) is 18.7. The third kappa shape index (κ3) is 2.78. The molecule has 0 bridgehead atoms. The van der Waals surface area contributed by atoms with Crippen molar-refractivity contribution < 1.29 is 19.1 Å². The highest BCUT2D eigenvalue weighted by molar-refractivity contribution is 5.93. The summed E-state index contributed by atoms with van der Waals surface area (Å²) in [5.41, 5.74) is 1.86. The molecule has 102 valence electrons. The molecule has 0 saturated carbocycles. The summed E-state index contributed by atoms with van der Waals surface area (Å²) in [6.45, 7) is 7.92. The number of carbonyl (C=O) groups is 2. The van der Waals surface area contributed by atoms with Crippen LogP contribution in [0.15, 0.2) is 24.3 Å². The monoisotopic (exact) mass is 262 g/mol. The highest BCUT2D eigenvalue weighted by Gasteiger charge is 2.40. The molecule has 1 aliphatic rings. The lowest BCUT2D eigenvalue weighted by Gasteiger charge is -2.33. The van der Waals surface area contributed by atoms with Crippen LogP contribution >= 0.6 is 0 Å². The van der Waals surface area contributed by atoms with E-state index in [4.69, 9.17) is 9.47 Å². The van der Waals surface area contributed by atoms with E-state index in [0.717, 1.165) is 5.56 Å². The minimum Gasteiger partial charge on any atom is -0.418 e. The van der Waals surface area contributed by atoms with Crippen LogP contribution in [0, 0.1) is 0 Å². The van der Waals surface area contributed by atoms with E-state index in [0.29, 0.717) is 5.56 Å². The van der Waals surface area contributed by atoms with Crippen LogP contribution in [-0.2, 0) is 30.3 Å². The molecule has 0 N–H and O–H groups in total. The number of carbonyl (C=O) groups excluding carboxylic acids is 2. The molecule has 1 saturated heterocycles. The van der Waals surface area contributed by atoms with Crippen LogP contribution in [0.2, 0.25) is 0 Å². The van der Waals surface area contributed by atoms with Gasteiger partial charge in [0.25, 0.3) is 5.79 Å². The molecule has 0 spiro atoms. The second-order valence-electron chi connectivity index (χ2n) is 5.90. The van der Waals surface area contributed by atoms with Crippen molar-refractivity contribution in [2.45, 2.75) is 45.3 Å². The molecule has 4 heteroatoms. The molecular weight excluding hydrogens is 244 g/mol. The van der Waals surface area contributed by atoms with Crippen LogP contribution in [0.25, 0.3) is 0 Å². The first-order chi connectivity index (χ1) is 8.71. The Morgan fingerprint density at radius 3 is 1.89 bits per heavy atom. The summed E-state index contributed by atoms with van der Waals surface area (Å²) in [6, 6.07) is 7.56. The fourth-order valence-corrected chi connectivity index (χ4v) is 2.04. The summed E-state index contributed by atoms with van der Waals surface area (Å²) in [5, 5.41) is 0. The molecule has 1 heterocycles. The minimum absolute atomic E-state index is 0.0410. The molecular formula is C15H18O4. The lowest BCUT2D eigenvalue weighted by atomic mass is 9.86. The average molecular weight is 262 g/mol. The fourth-order valence-electron chi connectivity index (χ4n) is 2.04. The van der Waals surface area contributed by atoms with Crippen LogP contribution in [-0.4, -0.2) is 11.9 Å². The molecule has 0 amide bonds. The maximum Gasteiger partial charge on any atom is 0.320 e. The van der Waals surface area contributed by atoms with Gasteiger partial charge in [-0.05, 0) is 11.0 Å². The number of hydrogen-bond donors (Lipinski definition) is 0. The van der Waals surface area contributed by atoms with E-state index in [2.05, 4.69) is 20.8 Å². The van der Waals surface area contributed by atoms with Gasteiger partial charge in [0, 0.05) is 12.5 Å². The smallest absolute Gasteiger partial charge is 0.320 e. The first-order valence-corrected chi connectivity index (χ1v) is 6.25. The summed E-state index contributed by atoms with van der Waals surface area (Å²) < 4.78 is 10.3. The quantitative estimate of drug-likeness (QED) is 0.576. The molecule has 0 unspecified atom stereocenters. The summed E-state index contributed by atoms with van der Waals surface area (Å²) in [6.07, 6.45) is -0.324. The van der Waals surface area contributed by atoms with Crippen LogP contribution in [0.3, 0.4) is 0 Å². The number of ether oxygens (including phenoxy) is 2. The number of benzene rings is 1. The van der Waals surface area contributed by atoms with Gasteiger partial charge in [-0.25, -0.2) is 0 Å². The van der Waals surface area contributed by atoms with Gasteiger partial charge in [-0.15, -0.1) is 0 Å². The van der Waals surface area contributed by atoms with Gasteiger partial charge in [0.05, 0.1) is 0 Å².